The molecule has 1 aromatic heterocycles. The van der Waals surface area contributed by atoms with E-state index in [2.05, 4.69) is 16.5 Å². The minimum Gasteiger partial charge on any atom is -0.465 e. The summed E-state index contributed by atoms with van der Waals surface area (Å²) in [5.41, 5.74) is 6.18. The number of halogens is 1. The quantitative estimate of drug-likeness (QED) is 0.603. The molecule has 0 radical (unpaired) electrons. The van der Waals surface area contributed by atoms with Gasteiger partial charge in [0.25, 0.3) is 5.91 Å². The van der Waals surface area contributed by atoms with Crippen LogP contribution in [0.3, 0.4) is 0 Å². The molecule has 3 unspecified atom stereocenters. The normalized spacial score (nSPS) is 22.9. The number of hydrogen-bond acceptors (Lipinski definition) is 5. The summed E-state index contributed by atoms with van der Waals surface area (Å²) in [4.78, 5) is 25.4. The zero-order chi connectivity index (χ0) is 22.8. The fourth-order valence-corrected chi connectivity index (χ4v) is 4.43. The number of anilines is 2. The summed E-state index contributed by atoms with van der Waals surface area (Å²) in [5.74, 6) is -0.802. The van der Waals surface area contributed by atoms with E-state index in [0.717, 1.165) is 19.3 Å². The molecule has 2 amide bonds. The number of nitrogens with zero attached hydrogens (tertiary/aromatic N) is 4. The highest BCUT2D eigenvalue weighted by Crippen LogP contribution is 2.40. The minimum absolute atomic E-state index is 0.111. The standard InChI is InChI=1S/C22H25FN6O3/c23-15-4-6-16(7-5-15)26-21-17(20(25)30)12-29(27-21)19-14(11-24)9-10-28(22(31)32)18(19)8-3-13-1-2-13/h4-7,12-14,18-19H,1-3,8-10H2,(H2,25,30)(H,26,27)(H,31,32). The first kappa shape index (κ1) is 21.6. The van der Waals surface area contributed by atoms with Crippen LogP contribution in [0.5, 0.6) is 0 Å². The van der Waals surface area contributed by atoms with E-state index in [-0.39, 0.29) is 17.9 Å². The van der Waals surface area contributed by atoms with Crippen molar-refractivity contribution >= 4 is 23.5 Å². The fraction of sp³-hybridized carbons (Fsp3) is 0.455. The largest absolute Gasteiger partial charge is 0.465 e. The van der Waals surface area contributed by atoms with Crippen molar-refractivity contribution in [3.05, 3.63) is 41.8 Å². The maximum Gasteiger partial charge on any atom is 0.407 e. The Morgan fingerprint density at radius 3 is 2.56 bits per heavy atom. The Morgan fingerprint density at radius 2 is 1.97 bits per heavy atom. The molecule has 9 nitrogen and oxygen atoms in total. The van der Waals surface area contributed by atoms with Crippen LogP contribution in [-0.2, 0) is 0 Å². The number of nitrogens with one attached hydrogen (secondary N) is 1. The van der Waals surface area contributed by atoms with Crippen LogP contribution in [0.4, 0.5) is 20.7 Å². The van der Waals surface area contributed by atoms with Crippen LogP contribution in [0, 0.1) is 29.0 Å². The number of nitrogens with two attached hydrogens (primary N) is 1. The molecule has 3 atom stereocenters. The van der Waals surface area contributed by atoms with Crippen LogP contribution in [0.15, 0.2) is 30.5 Å². The Kier molecular flexibility index (Phi) is 5.99. The molecule has 1 aliphatic carbocycles. The molecular weight excluding hydrogens is 415 g/mol. The number of hydrogen-bond donors (Lipinski definition) is 3. The molecule has 4 N–H and O–H groups in total. The van der Waals surface area contributed by atoms with Crippen molar-refractivity contribution in [3.63, 3.8) is 0 Å². The summed E-state index contributed by atoms with van der Waals surface area (Å²) in [7, 11) is 0. The van der Waals surface area contributed by atoms with E-state index in [1.54, 1.807) is 0 Å². The van der Waals surface area contributed by atoms with Gasteiger partial charge in [0.2, 0.25) is 0 Å². The Morgan fingerprint density at radius 1 is 1.25 bits per heavy atom. The van der Waals surface area contributed by atoms with Crippen molar-refractivity contribution in [2.24, 2.45) is 17.6 Å². The lowest BCUT2D eigenvalue weighted by Gasteiger charge is -2.42. The predicted octanol–water partition coefficient (Wildman–Crippen LogP) is 3.49. The smallest absolute Gasteiger partial charge is 0.407 e. The number of piperidine rings is 1. The van der Waals surface area contributed by atoms with E-state index in [9.17, 15) is 24.3 Å². The number of primary amides is 1. The van der Waals surface area contributed by atoms with E-state index in [1.807, 2.05) is 0 Å². The zero-order valence-corrected chi connectivity index (χ0v) is 17.4. The third kappa shape index (κ3) is 4.51. The van der Waals surface area contributed by atoms with Crippen molar-refractivity contribution in [2.75, 3.05) is 11.9 Å². The summed E-state index contributed by atoms with van der Waals surface area (Å²) in [6, 6.07) is 6.86. The molecule has 168 valence electrons. The second-order valence-corrected chi connectivity index (χ2v) is 8.45. The van der Waals surface area contributed by atoms with Crippen LogP contribution in [0.1, 0.15) is 48.5 Å². The van der Waals surface area contributed by atoms with Gasteiger partial charge in [0.1, 0.15) is 11.4 Å². The van der Waals surface area contributed by atoms with Gasteiger partial charge in [-0.1, -0.05) is 12.8 Å². The average molecular weight is 440 g/mol. The maximum absolute atomic E-state index is 13.2. The van der Waals surface area contributed by atoms with Crippen molar-refractivity contribution in [1.82, 2.24) is 14.7 Å². The van der Waals surface area contributed by atoms with Gasteiger partial charge < -0.3 is 21.1 Å². The lowest BCUT2D eigenvalue weighted by molar-refractivity contribution is 0.0560. The third-order valence-electron chi connectivity index (χ3n) is 6.28. The van der Waals surface area contributed by atoms with Crippen LogP contribution in [0.2, 0.25) is 0 Å². The van der Waals surface area contributed by atoms with Gasteiger partial charge in [-0.3, -0.25) is 9.48 Å². The summed E-state index contributed by atoms with van der Waals surface area (Å²) in [6.07, 6.45) is 4.61. The van der Waals surface area contributed by atoms with Crippen molar-refractivity contribution < 1.29 is 19.1 Å². The summed E-state index contributed by atoms with van der Waals surface area (Å²) < 4.78 is 14.7. The van der Waals surface area contributed by atoms with Gasteiger partial charge in [-0.15, -0.1) is 0 Å². The molecule has 0 bridgehead atoms. The Bertz CT molecular complexity index is 1040. The number of carboxylic acid groups (broad SMARTS) is 1. The van der Waals surface area contributed by atoms with Crippen LogP contribution >= 0.6 is 0 Å². The van der Waals surface area contributed by atoms with Gasteiger partial charge in [-0.2, -0.15) is 10.4 Å². The van der Waals surface area contributed by atoms with E-state index >= 15 is 0 Å². The molecule has 4 rings (SSSR count). The Balaban J connectivity index is 1.69. The lowest BCUT2D eigenvalue weighted by atomic mass is 9.84. The number of aromatic nitrogens is 2. The number of carbonyl (C=O) groups excluding carboxylic acids is 1. The second kappa shape index (κ2) is 8.86. The SMILES string of the molecule is N#CC1CCN(C(=O)O)C(CCC2CC2)C1n1cc(C(N)=O)c(Nc2ccc(F)cc2)n1. The van der Waals surface area contributed by atoms with Crippen molar-refractivity contribution in [3.8, 4) is 6.07 Å². The molecule has 2 aromatic rings. The van der Waals surface area contributed by atoms with Gasteiger partial charge >= 0.3 is 6.09 Å². The highest BCUT2D eigenvalue weighted by atomic mass is 19.1. The van der Waals surface area contributed by atoms with Gasteiger partial charge in [-0.05, 0) is 49.4 Å². The topological polar surface area (TPSA) is 137 Å². The Hall–Kier alpha value is -3.61. The summed E-state index contributed by atoms with van der Waals surface area (Å²) >= 11 is 0. The minimum atomic E-state index is -1.03. The molecule has 0 spiro atoms. The van der Waals surface area contributed by atoms with Gasteiger partial charge in [0.15, 0.2) is 5.82 Å². The van der Waals surface area contributed by atoms with Gasteiger partial charge in [0.05, 0.1) is 24.1 Å². The fourth-order valence-electron chi connectivity index (χ4n) is 4.43. The van der Waals surface area contributed by atoms with Crippen LogP contribution in [-0.4, -0.2) is 44.4 Å². The predicted molar refractivity (Wildman–Crippen MR) is 114 cm³/mol. The first-order valence-electron chi connectivity index (χ1n) is 10.7. The lowest BCUT2D eigenvalue weighted by Crippen LogP contribution is -2.51. The first-order chi connectivity index (χ1) is 15.4. The number of rotatable bonds is 7. The Labute approximate surface area is 184 Å². The van der Waals surface area contributed by atoms with E-state index < -0.39 is 35.8 Å². The molecule has 2 heterocycles. The number of likely N-dealkylation sites (tertiary alicyclic amines) is 1. The van der Waals surface area contributed by atoms with E-state index in [1.165, 1.54) is 40.0 Å². The van der Waals surface area contributed by atoms with E-state index in [4.69, 9.17) is 5.73 Å². The summed E-state index contributed by atoms with van der Waals surface area (Å²) in [6.45, 7) is 0.282. The molecule has 1 saturated carbocycles. The molecular formula is C22H25FN6O3. The monoisotopic (exact) mass is 440 g/mol. The number of benzene rings is 1. The number of amides is 2. The number of carbonyl (C=O) groups is 2. The van der Waals surface area contributed by atoms with Crippen LogP contribution < -0.4 is 11.1 Å². The summed E-state index contributed by atoms with van der Waals surface area (Å²) in [5, 5.41) is 27.0. The highest BCUT2D eigenvalue weighted by molar-refractivity contribution is 5.98. The van der Waals surface area contributed by atoms with E-state index in [0.29, 0.717) is 24.4 Å². The van der Waals surface area contributed by atoms with Gasteiger partial charge in [0, 0.05) is 18.4 Å². The molecule has 1 aliphatic heterocycles. The third-order valence-corrected chi connectivity index (χ3v) is 6.28. The van der Waals surface area contributed by atoms with Crippen molar-refractivity contribution in [1.29, 1.82) is 5.26 Å². The van der Waals surface area contributed by atoms with Gasteiger partial charge in [-0.25, -0.2) is 9.18 Å². The first-order valence-corrected chi connectivity index (χ1v) is 10.7. The zero-order valence-electron chi connectivity index (χ0n) is 17.4. The van der Waals surface area contributed by atoms with Crippen molar-refractivity contribution in [2.45, 2.75) is 44.2 Å². The molecule has 1 aromatic carbocycles. The maximum atomic E-state index is 13.2. The molecule has 2 aliphatic rings. The average Bonchev–Trinajstić information content (AvgIpc) is 3.51. The molecule has 2 fully saturated rings. The second-order valence-electron chi connectivity index (χ2n) is 8.45. The highest BCUT2D eigenvalue weighted by Gasteiger charge is 2.43. The number of nitriles is 1. The molecule has 1 saturated heterocycles. The van der Waals surface area contributed by atoms with Crippen LogP contribution in [0.25, 0.3) is 0 Å². The molecule has 10 heteroatoms. The molecule has 32 heavy (non-hydrogen) atoms.